The van der Waals surface area contributed by atoms with E-state index in [1.807, 2.05) is 0 Å². The van der Waals surface area contributed by atoms with E-state index in [-0.39, 0.29) is 0 Å². The van der Waals surface area contributed by atoms with Crippen molar-refractivity contribution < 1.29 is 0 Å². The van der Waals surface area contributed by atoms with Gasteiger partial charge in [-0.3, -0.25) is 0 Å². The lowest BCUT2D eigenvalue weighted by Gasteiger charge is -2.31. The highest BCUT2D eigenvalue weighted by molar-refractivity contribution is 4.82. The summed E-state index contributed by atoms with van der Waals surface area (Å²) in [5.74, 6) is 0. The standard InChI is InChI=1S/C12H28N2/c1-4-6-9-12(3,8-5-2)14-11-7-10-13/h14H,4-11,13H2,1-3H3. The molecule has 0 rings (SSSR count). The Morgan fingerprint density at radius 1 is 1.07 bits per heavy atom. The molecule has 0 heterocycles. The largest absolute Gasteiger partial charge is 0.330 e. The highest BCUT2D eigenvalue weighted by atomic mass is 15.0. The van der Waals surface area contributed by atoms with E-state index in [2.05, 4.69) is 26.1 Å². The molecule has 0 aliphatic carbocycles. The Hall–Kier alpha value is -0.0800. The van der Waals surface area contributed by atoms with Gasteiger partial charge in [-0.1, -0.05) is 33.1 Å². The van der Waals surface area contributed by atoms with Crippen LogP contribution in [0.25, 0.3) is 0 Å². The lowest BCUT2D eigenvalue weighted by Crippen LogP contribution is -2.43. The molecule has 0 aromatic carbocycles. The third-order valence-corrected chi connectivity index (χ3v) is 2.82. The summed E-state index contributed by atoms with van der Waals surface area (Å²) in [5.41, 5.74) is 5.84. The quantitative estimate of drug-likeness (QED) is 0.562. The van der Waals surface area contributed by atoms with Gasteiger partial charge in [0.15, 0.2) is 0 Å². The van der Waals surface area contributed by atoms with Gasteiger partial charge < -0.3 is 11.1 Å². The Kier molecular flexibility index (Phi) is 8.20. The van der Waals surface area contributed by atoms with Crippen molar-refractivity contribution in [2.45, 2.75) is 64.8 Å². The summed E-state index contributed by atoms with van der Waals surface area (Å²) in [5, 5.41) is 3.65. The Morgan fingerprint density at radius 2 is 1.79 bits per heavy atom. The molecule has 0 bridgehead atoms. The van der Waals surface area contributed by atoms with Gasteiger partial charge in [0.05, 0.1) is 0 Å². The fraction of sp³-hybridized carbons (Fsp3) is 1.00. The molecule has 0 aromatic heterocycles. The normalized spacial score (nSPS) is 15.4. The monoisotopic (exact) mass is 200 g/mol. The van der Waals surface area contributed by atoms with E-state index >= 15 is 0 Å². The second-order valence-corrected chi connectivity index (χ2v) is 4.48. The van der Waals surface area contributed by atoms with Gasteiger partial charge in [0, 0.05) is 5.54 Å². The topological polar surface area (TPSA) is 38.0 Å². The van der Waals surface area contributed by atoms with Crippen LogP contribution in [-0.2, 0) is 0 Å². The molecule has 0 aliphatic rings. The molecular formula is C12H28N2. The first-order valence-electron chi connectivity index (χ1n) is 6.13. The number of hydrogen-bond donors (Lipinski definition) is 2. The minimum Gasteiger partial charge on any atom is -0.330 e. The Labute approximate surface area is 89.6 Å². The maximum absolute atomic E-state index is 5.49. The van der Waals surface area contributed by atoms with Gasteiger partial charge in [-0.05, 0) is 39.3 Å². The smallest absolute Gasteiger partial charge is 0.0153 e. The molecule has 0 fully saturated rings. The first-order chi connectivity index (χ1) is 6.68. The van der Waals surface area contributed by atoms with E-state index in [1.165, 1.54) is 32.1 Å². The molecule has 0 saturated carbocycles. The molecule has 0 amide bonds. The first kappa shape index (κ1) is 13.9. The predicted octanol–water partition coefficient (Wildman–Crippen LogP) is 2.67. The molecule has 0 spiro atoms. The van der Waals surface area contributed by atoms with Gasteiger partial charge in [-0.15, -0.1) is 0 Å². The van der Waals surface area contributed by atoms with Crippen molar-refractivity contribution in [3.05, 3.63) is 0 Å². The zero-order valence-corrected chi connectivity index (χ0v) is 10.2. The lowest BCUT2D eigenvalue weighted by atomic mass is 9.90. The van der Waals surface area contributed by atoms with Gasteiger partial charge in [0.25, 0.3) is 0 Å². The van der Waals surface area contributed by atoms with Gasteiger partial charge >= 0.3 is 0 Å². The molecule has 3 N–H and O–H groups in total. The number of rotatable bonds is 9. The van der Waals surface area contributed by atoms with Crippen LogP contribution < -0.4 is 11.1 Å². The van der Waals surface area contributed by atoms with Crippen molar-refractivity contribution in [3.8, 4) is 0 Å². The first-order valence-corrected chi connectivity index (χ1v) is 6.13. The van der Waals surface area contributed by atoms with Gasteiger partial charge in [-0.2, -0.15) is 0 Å². The Bertz CT molecular complexity index is 125. The van der Waals surface area contributed by atoms with Crippen molar-refractivity contribution in [2.24, 2.45) is 5.73 Å². The lowest BCUT2D eigenvalue weighted by molar-refractivity contribution is 0.297. The van der Waals surface area contributed by atoms with Crippen LogP contribution in [0.1, 0.15) is 59.3 Å². The molecule has 0 radical (unpaired) electrons. The third-order valence-electron chi connectivity index (χ3n) is 2.82. The van der Waals surface area contributed by atoms with Gasteiger partial charge in [-0.25, -0.2) is 0 Å². The molecule has 0 aromatic rings. The van der Waals surface area contributed by atoms with Crippen molar-refractivity contribution >= 4 is 0 Å². The number of hydrogen-bond acceptors (Lipinski definition) is 2. The summed E-state index contributed by atoms with van der Waals surface area (Å²) in [4.78, 5) is 0. The van der Waals surface area contributed by atoms with Crippen LogP contribution in [0.3, 0.4) is 0 Å². The molecule has 86 valence electrons. The summed E-state index contributed by atoms with van der Waals surface area (Å²) >= 11 is 0. The molecule has 14 heavy (non-hydrogen) atoms. The van der Waals surface area contributed by atoms with Crippen LogP contribution >= 0.6 is 0 Å². The third kappa shape index (κ3) is 6.39. The zero-order valence-electron chi connectivity index (χ0n) is 10.2. The van der Waals surface area contributed by atoms with Crippen LogP contribution in [0.5, 0.6) is 0 Å². The average molecular weight is 200 g/mol. The molecule has 1 atom stereocenters. The van der Waals surface area contributed by atoms with Crippen LogP contribution in [0.2, 0.25) is 0 Å². The maximum atomic E-state index is 5.49. The van der Waals surface area contributed by atoms with Gasteiger partial charge in [0.2, 0.25) is 0 Å². The van der Waals surface area contributed by atoms with Crippen LogP contribution in [0, 0.1) is 0 Å². The molecule has 1 unspecified atom stereocenters. The SMILES string of the molecule is CCCCC(C)(CCC)NCCCN. The second kappa shape index (κ2) is 8.25. The Morgan fingerprint density at radius 3 is 2.29 bits per heavy atom. The van der Waals surface area contributed by atoms with Crippen molar-refractivity contribution in [1.29, 1.82) is 0 Å². The number of nitrogens with one attached hydrogen (secondary N) is 1. The minimum atomic E-state index is 0.347. The summed E-state index contributed by atoms with van der Waals surface area (Å²) in [7, 11) is 0. The number of nitrogens with two attached hydrogens (primary N) is 1. The second-order valence-electron chi connectivity index (χ2n) is 4.48. The zero-order chi connectivity index (χ0) is 10.9. The van der Waals surface area contributed by atoms with E-state index in [1.54, 1.807) is 0 Å². The van der Waals surface area contributed by atoms with Crippen LogP contribution in [-0.4, -0.2) is 18.6 Å². The molecule has 2 heteroatoms. The summed E-state index contributed by atoms with van der Waals surface area (Å²) in [6.07, 6.45) is 7.53. The average Bonchev–Trinajstić information content (AvgIpc) is 2.16. The van der Waals surface area contributed by atoms with Crippen LogP contribution in [0.4, 0.5) is 0 Å². The van der Waals surface area contributed by atoms with E-state index in [9.17, 15) is 0 Å². The van der Waals surface area contributed by atoms with E-state index in [0.717, 1.165) is 19.5 Å². The highest BCUT2D eigenvalue weighted by Crippen LogP contribution is 2.19. The van der Waals surface area contributed by atoms with E-state index in [4.69, 9.17) is 5.73 Å². The maximum Gasteiger partial charge on any atom is 0.0153 e. The molecular weight excluding hydrogens is 172 g/mol. The molecule has 2 nitrogen and oxygen atoms in total. The highest BCUT2D eigenvalue weighted by Gasteiger charge is 2.20. The summed E-state index contributed by atoms with van der Waals surface area (Å²) < 4.78 is 0. The summed E-state index contributed by atoms with van der Waals surface area (Å²) in [6.45, 7) is 8.73. The number of unbranched alkanes of at least 4 members (excludes halogenated alkanes) is 1. The van der Waals surface area contributed by atoms with E-state index < -0.39 is 0 Å². The Balaban J connectivity index is 3.82. The van der Waals surface area contributed by atoms with Crippen LogP contribution in [0.15, 0.2) is 0 Å². The fourth-order valence-corrected chi connectivity index (χ4v) is 1.91. The minimum absolute atomic E-state index is 0.347. The van der Waals surface area contributed by atoms with Crippen molar-refractivity contribution in [2.75, 3.05) is 13.1 Å². The van der Waals surface area contributed by atoms with Crippen molar-refractivity contribution in [3.63, 3.8) is 0 Å². The van der Waals surface area contributed by atoms with E-state index in [0.29, 0.717) is 5.54 Å². The molecule has 0 saturated heterocycles. The van der Waals surface area contributed by atoms with Crippen molar-refractivity contribution in [1.82, 2.24) is 5.32 Å². The predicted molar refractivity (Wildman–Crippen MR) is 64.5 cm³/mol. The fourth-order valence-electron chi connectivity index (χ4n) is 1.91. The molecule has 0 aliphatic heterocycles. The van der Waals surface area contributed by atoms with Gasteiger partial charge in [0.1, 0.15) is 0 Å². The summed E-state index contributed by atoms with van der Waals surface area (Å²) in [6, 6.07) is 0.